The van der Waals surface area contributed by atoms with Crippen LogP contribution in [0.4, 0.5) is 4.39 Å². The summed E-state index contributed by atoms with van der Waals surface area (Å²) < 4.78 is 25.6. The number of benzene rings is 1. The van der Waals surface area contributed by atoms with Crippen LogP contribution in [-0.2, 0) is 22.4 Å². The Hall–Kier alpha value is -2.21. The lowest BCUT2D eigenvalue weighted by Gasteiger charge is -2.12. The summed E-state index contributed by atoms with van der Waals surface area (Å²) in [4.78, 5) is 16.4. The van der Waals surface area contributed by atoms with Gasteiger partial charge in [0.05, 0.1) is 32.1 Å². The molecule has 0 saturated heterocycles. The normalized spacial score (nSPS) is 17.7. The zero-order valence-electron chi connectivity index (χ0n) is 12.5. The van der Waals surface area contributed by atoms with E-state index in [2.05, 4.69) is 4.98 Å². The van der Waals surface area contributed by atoms with Crippen LogP contribution in [-0.4, -0.2) is 35.3 Å². The van der Waals surface area contributed by atoms with Crippen LogP contribution in [0, 0.1) is 5.82 Å². The van der Waals surface area contributed by atoms with E-state index in [0.717, 1.165) is 11.3 Å². The highest BCUT2D eigenvalue weighted by molar-refractivity contribution is 5.89. The summed E-state index contributed by atoms with van der Waals surface area (Å²) in [5, 5.41) is 0. The first-order valence-electron chi connectivity index (χ1n) is 7.15. The van der Waals surface area contributed by atoms with Crippen LogP contribution in [0.1, 0.15) is 23.1 Å². The molecule has 1 aliphatic heterocycles. The van der Waals surface area contributed by atoms with Gasteiger partial charge in [-0.15, -0.1) is 0 Å². The third kappa shape index (κ3) is 2.62. The summed E-state index contributed by atoms with van der Waals surface area (Å²) in [6.07, 6.45) is 0.600. The monoisotopic (exact) mass is 304 g/mol. The average molecular weight is 304 g/mol. The first-order chi connectivity index (χ1) is 10.6. The van der Waals surface area contributed by atoms with Gasteiger partial charge in [0.25, 0.3) is 0 Å². The zero-order valence-corrected chi connectivity index (χ0v) is 12.5. The molecule has 3 rings (SSSR count). The van der Waals surface area contributed by atoms with Gasteiger partial charge in [0.1, 0.15) is 11.6 Å². The lowest BCUT2D eigenvalue weighted by Crippen LogP contribution is -2.15. The molecule has 0 bridgehead atoms. The molecule has 1 aliphatic rings. The van der Waals surface area contributed by atoms with Crippen molar-refractivity contribution in [2.75, 3.05) is 13.7 Å². The van der Waals surface area contributed by atoms with Crippen molar-refractivity contribution >= 4 is 5.97 Å². The molecule has 0 radical (unpaired) electrons. The molecule has 0 amide bonds. The van der Waals surface area contributed by atoms with Gasteiger partial charge in [0, 0.05) is 12.0 Å². The van der Waals surface area contributed by atoms with Crippen molar-refractivity contribution in [3.63, 3.8) is 0 Å². The lowest BCUT2D eigenvalue weighted by molar-refractivity contribution is 0.0591. The maximum absolute atomic E-state index is 13.1. The fraction of sp³-hybridized carbons (Fsp3) is 0.375. The van der Waals surface area contributed by atoms with Crippen LogP contribution in [0.5, 0.6) is 0 Å². The molecule has 2 heterocycles. The number of hydrogen-bond donors (Lipinski definition) is 0. The molecule has 1 atom stereocenters. The number of carbonyl (C=O) groups excluding carboxylic acids is 1. The second kappa shape index (κ2) is 5.88. The summed E-state index contributed by atoms with van der Waals surface area (Å²) in [6, 6.07) is 6.07. The number of halogens is 1. The van der Waals surface area contributed by atoms with Gasteiger partial charge in [0.15, 0.2) is 5.69 Å². The minimum absolute atomic E-state index is 0.0140. The van der Waals surface area contributed by atoms with Crippen LogP contribution in [0.25, 0.3) is 11.4 Å². The molecule has 6 heteroatoms. The Morgan fingerprint density at radius 1 is 1.41 bits per heavy atom. The van der Waals surface area contributed by atoms with Crippen LogP contribution >= 0.6 is 0 Å². The van der Waals surface area contributed by atoms with Crippen molar-refractivity contribution < 1.29 is 18.7 Å². The van der Waals surface area contributed by atoms with E-state index >= 15 is 0 Å². The molecule has 116 valence electrons. The van der Waals surface area contributed by atoms with Gasteiger partial charge in [-0.2, -0.15) is 0 Å². The third-order valence-electron chi connectivity index (χ3n) is 3.73. The first-order valence-corrected chi connectivity index (χ1v) is 7.15. The van der Waals surface area contributed by atoms with Crippen molar-refractivity contribution in [1.82, 2.24) is 9.55 Å². The van der Waals surface area contributed by atoms with E-state index in [-0.39, 0.29) is 11.9 Å². The number of rotatable bonds is 2. The number of carbonyl (C=O) groups is 1. The predicted octanol–water partition coefficient (Wildman–Crippen LogP) is 2.44. The summed E-state index contributed by atoms with van der Waals surface area (Å²) in [7, 11) is 1.33. The molecular weight excluding hydrogens is 287 g/mol. The molecule has 22 heavy (non-hydrogen) atoms. The van der Waals surface area contributed by atoms with E-state index < -0.39 is 5.97 Å². The maximum Gasteiger partial charge on any atom is 0.358 e. The van der Waals surface area contributed by atoms with E-state index in [1.807, 2.05) is 11.5 Å². The number of aromatic nitrogens is 2. The van der Waals surface area contributed by atoms with Gasteiger partial charge in [-0.1, -0.05) is 0 Å². The van der Waals surface area contributed by atoms with Gasteiger partial charge in [0.2, 0.25) is 0 Å². The molecule has 0 saturated carbocycles. The van der Waals surface area contributed by atoms with E-state index in [0.29, 0.717) is 31.1 Å². The van der Waals surface area contributed by atoms with Crippen molar-refractivity contribution in [2.45, 2.75) is 26.0 Å². The number of ether oxygens (including phenoxy) is 2. The fourth-order valence-electron chi connectivity index (χ4n) is 2.68. The Morgan fingerprint density at radius 3 is 2.82 bits per heavy atom. The molecule has 0 spiro atoms. The highest BCUT2D eigenvalue weighted by atomic mass is 19.1. The number of fused-ring (bicyclic) bond motifs is 1. The van der Waals surface area contributed by atoms with Crippen LogP contribution in [0.15, 0.2) is 24.3 Å². The number of hydrogen-bond acceptors (Lipinski definition) is 4. The molecule has 0 N–H and O–H groups in total. The Kier molecular flexibility index (Phi) is 3.94. The van der Waals surface area contributed by atoms with Crippen molar-refractivity contribution in [3.8, 4) is 11.4 Å². The second-order valence-corrected chi connectivity index (χ2v) is 5.27. The standard InChI is InChI=1S/C16H17FN2O3/c1-10-9-19-13(7-8-22-10)14(16(20)21-2)18-15(19)11-3-5-12(17)6-4-11/h3-6,10H,7-9H2,1-2H3/t10-/m1/s1. The SMILES string of the molecule is COC(=O)c1nc(-c2ccc(F)cc2)n2c1CCO[C@H](C)C2. The van der Waals surface area contributed by atoms with Gasteiger partial charge in [-0.3, -0.25) is 0 Å². The minimum atomic E-state index is -0.466. The largest absolute Gasteiger partial charge is 0.464 e. The number of esters is 1. The van der Waals surface area contributed by atoms with E-state index in [1.165, 1.54) is 19.2 Å². The van der Waals surface area contributed by atoms with Crippen LogP contribution < -0.4 is 0 Å². The smallest absolute Gasteiger partial charge is 0.358 e. The van der Waals surface area contributed by atoms with E-state index in [1.54, 1.807) is 12.1 Å². The number of nitrogens with zero attached hydrogens (tertiary/aromatic N) is 2. The highest BCUT2D eigenvalue weighted by Gasteiger charge is 2.26. The quantitative estimate of drug-likeness (QED) is 0.800. The minimum Gasteiger partial charge on any atom is -0.464 e. The lowest BCUT2D eigenvalue weighted by atomic mass is 10.2. The van der Waals surface area contributed by atoms with Gasteiger partial charge in [-0.25, -0.2) is 14.2 Å². The van der Waals surface area contributed by atoms with Gasteiger partial charge in [-0.05, 0) is 31.2 Å². The van der Waals surface area contributed by atoms with Crippen LogP contribution in [0.3, 0.4) is 0 Å². The highest BCUT2D eigenvalue weighted by Crippen LogP contribution is 2.26. The molecule has 1 aromatic carbocycles. The molecule has 1 aromatic heterocycles. The number of methoxy groups -OCH3 is 1. The van der Waals surface area contributed by atoms with Gasteiger partial charge >= 0.3 is 5.97 Å². The summed E-state index contributed by atoms with van der Waals surface area (Å²) in [5.74, 6) is -0.143. The molecular formula is C16H17FN2O3. The van der Waals surface area contributed by atoms with E-state index in [4.69, 9.17) is 9.47 Å². The second-order valence-electron chi connectivity index (χ2n) is 5.27. The Balaban J connectivity index is 2.15. The summed E-state index contributed by atoms with van der Waals surface area (Å²) in [5.41, 5.74) is 1.86. The first kappa shape index (κ1) is 14.7. The predicted molar refractivity (Wildman–Crippen MR) is 78.1 cm³/mol. The maximum atomic E-state index is 13.1. The Bertz CT molecular complexity index is 694. The Morgan fingerprint density at radius 2 is 2.14 bits per heavy atom. The zero-order chi connectivity index (χ0) is 15.7. The average Bonchev–Trinajstić information content (AvgIpc) is 2.74. The van der Waals surface area contributed by atoms with Crippen molar-refractivity contribution in [1.29, 1.82) is 0 Å². The van der Waals surface area contributed by atoms with E-state index in [9.17, 15) is 9.18 Å². The molecule has 0 unspecified atom stereocenters. The molecule has 5 nitrogen and oxygen atoms in total. The molecule has 0 aliphatic carbocycles. The summed E-state index contributed by atoms with van der Waals surface area (Å²) in [6.45, 7) is 3.09. The number of imidazole rings is 1. The fourth-order valence-corrected chi connectivity index (χ4v) is 2.68. The molecule has 2 aromatic rings. The van der Waals surface area contributed by atoms with Crippen LogP contribution in [0.2, 0.25) is 0 Å². The summed E-state index contributed by atoms with van der Waals surface area (Å²) >= 11 is 0. The third-order valence-corrected chi connectivity index (χ3v) is 3.73. The van der Waals surface area contributed by atoms with Gasteiger partial charge < -0.3 is 14.0 Å². The molecule has 0 fully saturated rings. The Labute approximate surface area is 127 Å². The van der Waals surface area contributed by atoms with Crippen molar-refractivity contribution in [2.24, 2.45) is 0 Å². The topological polar surface area (TPSA) is 53.3 Å². The van der Waals surface area contributed by atoms with Crippen molar-refractivity contribution in [3.05, 3.63) is 41.5 Å².